The zero-order valence-electron chi connectivity index (χ0n) is 16.1. The Morgan fingerprint density at radius 1 is 1.24 bits per heavy atom. The van der Waals surface area contributed by atoms with Crippen LogP contribution < -0.4 is 9.47 Å². The van der Waals surface area contributed by atoms with Crippen LogP contribution in [-0.2, 0) is 11.3 Å². The normalized spacial score (nSPS) is 13.5. The number of aromatic nitrogens is 2. The Labute approximate surface area is 166 Å². The van der Waals surface area contributed by atoms with E-state index in [1.807, 2.05) is 12.1 Å². The molecule has 1 aliphatic carbocycles. The second kappa shape index (κ2) is 7.69. The van der Waals surface area contributed by atoms with Gasteiger partial charge >= 0.3 is 6.16 Å². The Morgan fingerprint density at radius 3 is 2.62 bits per heavy atom. The molecule has 6 nitrogen and oxygen atoms in total. The Bertz CT molecular complexity index is 1060. The Morgan fingerprint density at radius 2 is 1.97 bits per heavy atom. The van der Waals surface area contributed by atoms with Crippen LogP contribution >= 0.6 is 0 Å². The molecule has 3 aromatic rings. The number of benzene rings is 1. The Hall–Kier alpha value is -3.16. The number of hydrogen-bond donors (Lipinski definition) is 0. The molecule has 2 aromatic heterocycles. The smallest absolute Gasteiger partial charge is 0.473 e. The van der Waals surface area contributed by atoms with Crippen molar-refractivity contribution in [3.63, 3.8) is 0 Å². The molecular weight excluding hydrogens is 382 g/mol. The first-order valence-electron chi connectivity index (χ1n) is 9.41. The van der Waals surface area contributed by atoms with E-state index in [4.69, 9.17) is 14.2 Å². The molecule has 0 aliphatic heterocycles. The molecule has 0 atom stereocenters. The highest BCUT2D eigenvalue weighted by atomic mass is 19.1. The molecule has 0 amide bonds. The lowest BCUT2D eigenvalue weighted by Crippen LogP contribution is -2.10. The van der Waals surface area contributed by atoms with Gasteiger partial charge in [0.2, 0.25) is 5.88 Å². The fourth-order valence-electron chi connectivity index (χ4n) is 3.16. The maximum Gasteiger partial charge on any atom is 0.513 e. The highest BCUT2D eigenvalue weighted by Crippen LogP contribution is 2.43. The third-order valence-electron chi connectivity index (χ3n) is 4.76. The van der Waals surface area contributed by atoms with Crippen LogP contribution in [0.25, 0.3) is 5.52 Å². The van der Waals surface area contributed by atoms with Crippen molar-refractivity contribution in [3.05, 3.63) is 58.8 Å². The van der Waals surface area contributed by atoms with Crippen LogP contribution in [0.2, 0.25) is 0 Å². The SMILES string of the molecule is CCOC(=O)Oc1c(C)nn2c(OCc3c(F)cccc3F)cc(C3CC3)cc12. The molecule has 29 heavy (non-hydrogen) atoms. The summed E-state index contributed by atoms with van der Waals surface area (Å²) in [5, 5.41) is 4.38. The third kappa shape index (κ3) is 3.87. The predicted molar refractivity (Wildman–Crippen MR) is 100 cm³/mol. The molecule has 0 spiro atoms. The number of hydrogen-bond acceptors (Lipinski definition) is 5. The van der Waals surface area contributed by atoms with Crippen LogP contribution in [0.3, 0.4) is 0 Å². The van der Waals surface area contributed by atoms with Gasteiger partial charge in [0.25, 0.3) is 0 Å². The summed E-state index contributed by atoms with van der Waals surface area (Å²) >= 11 is 0. The van der Waals surface area contributed by atoms with Crippen LogP contribution in [0, 0.1) is 18.6 Å². The fraction of sp³-hybridized carbons (Fsp3) is 0.333. The molecule has 0 bridgehead atoms. The van der Waals surface area contributed by atoms with E-state index in [-0.39, 0.29) is 24.5 Å². The Balaban J connectivity index is 1.72. The first kappa shape index (κ1) is 19.2. The lowest BCUT2D eigenvalue weighted by atomic mass is 10.1. The minimum absolute atomic E-state index is 0.163. The number of rotatable bonds is 6. The van der Waals surface area contributed by atoms with E-state index in [1.54, 1.807) is 13.8 Å². The van der Waals surface area contributed by atoms with Crippen molar-refractivity contribution in [3.8, 4) is 11.6 Å². The van der Waals surface area contributed by atoms with E-state index in [2.05, 4.69) is 5.10 Å². The number of carbonyl (C=O) groups excluding carboxylic acids is 1. The van der Waals surface area contributed by atoms with Gasteiger partial charge < -0.3 is 14.2 Å². The van der Waals surface area contributed by atoms with Gasteiger partial charge in [-0.25, -0.2) is 13.6 Å². The Kier molecular flexibility index (Phi) is 5.08. The topological polar surface area (TPSA) is 62.1 Å². The molecule has 1 aromatic carbocycles. The van der Waals surface area contributed by atoms with E-state index >= 15 is 0 Å². The van der Waals surface area contributed by atoms with Gasteiger partial charge in [-0.1, -0.05) is 6.07 Å². The van der Waals surface area contributed by atoms with Gasteiger partial charge in [-0.05, 0) is 56.4 Å². The highest BCUT2D eigenvalue weighted by Gasteiger charge is 2.27. The first-order valence-corrected chi connectivity index (χ1v) is 9.41. The van der Waals surface area contributed by atoms with Gasteiger partial charge in [0, 0.05) is 6.07 Å². The number of fused-ring (bicyclic) bond motifs is 1. The minimum Gasteiger partial charge on any atom is -0.473 e. The summed E-state index contributed by atoms with van der Waals surface area (Å²) in [6.45, 7) is 3.27. The fourth-order valence-corrected chi connectivity index (χ4v) is 3.16. The number of carbonyl (C=O) groups is 1. The molecule has 152 valence electrons. The number of aryl methyl sites for hydroxylation is 1. The van der Waals surface area contributed by atoms with Crippen molar-refractivity contribution in [2.45, 2.75) is 39.2 Å². The lowest BCUT2D eigenvalue weighted by Gasteiger charge is -2.12. The number of halogens is 2. The van der Waals surface area contributed by atoms with E-state index < -0.39 is 17.8 Å². The first-order chi connectivity index (χ1) is 14.0. The van der Waals surface area contributed by atoms with Crippen molar-refractivity contribution in [1.82, 2.24) is 9.61 Å². The average Bonchev–Trinajstić information content (AvgIpc) is 3.47. The average molecular weight is 402 g/mol. The van der Waals surface area contributed by atoms with E-state index in [1.165, 1.54) is 22.7 Å². The molecule has 1 aliphatic rings. The summed E-state index contributed by atoms with van der Waals surface area (Å²) in [6.07, 6.45) is 1.26. The van der Waals surface area contributed by atoms with Crippen molar-refractivity contribution in [1.29, 1.82) is 0 Å². The predicted octanol–water partition coefficient (Wildman–Crippen LogP) is 4.91. The number of ether oxygens (including phenoxy) is 3. The van der Waals surface area contributed by atoms with Gasteiger partial charge in [0.15, 0.2) is 5.75 Å². The standard InChI is InChI=1S/C21H20F2N2O4/c1-3-27-21(26)29-20-12(2)24-25-18(20)9-14(13-7-8-13)10-19(25)28-11-15-16(22)5-4-6-17(15)23/h4-6,9-10,13H,3,7-8,11H2,1-2H3. The van der Waals surface area contributed by atoms with Gasteiger partial charge in [-0.15, -0.1) is 0 Å². The zero-order chi connectivity index (χ0) is 20.5. The van der Waals surface area contributed by atoms with Gasteiger partial charge in [-0.2, -0.15) is 9.61 Å². The quantitative estimate of drug-likeness (QED) is 0.548. The molecule has 0 radical (unpaired) electrons. The van der Waals surface area contributed by atoms with E-state index in [9.17, 15) is 13.6 Å². The zero-order valence-corrected chi connectivity index (χ0v) is 16.1. The van der Waals surface area contributed by atoms with Crippen molar-refractivity contribution < 1.29 is 27.8 Å². The van der Waals surface area contributed by atoms with Gasteiger partial charge in [-0.3, -0.25) is 0 Å². The lowest BCUT2D eigenvalue weighted by molar-refractivity contribution is 0.104. The van der Waals surface area contributed by atoms with Crippen LogP contribution in [0.15, 0.2) is 30.3 Å². The molecule has 1 saturated carbocycles. The molecule has 0 unspecified atom stereocenters. The van der Waals surface area contributed by atoms with Crippen LogP contribution in [-0.4, -0.2) is 22.4 Å². The van der Waals surface area contributed by atoms with Crippen molar-refractivity contribution in [2.75, 3.05) is 6.61 Å². The van der Waals surface area contributed by atoms with E-state index in [0.717, 1.165) is 18.4 Å². The highest BCUT2D eigenvalue weighted by molar-refractivity contribution is 5.72. The molecule has 4 rings (SSSR count). The monoisotopic (exact) mass is 402 g/mol. The van der Waals surface area contributed by atoms with Crippen LogP contribution in [0.1, 0.15) is 42.5 Å². The van der Waals surface area contributed by atoms with Crippen LogP contribution in [0.4, 0.5) is 13.6 Å². The second-order valence-electron chi connectivity index (χ2n) is 6.89. The summed E-state index contributed by atoms with van der Waals surface area (Å²) in [4.78, 5) is 11.8. The summed E-state index contributed by atoms with van der Waals surface area (Å²) in [6, 6.07) is 7.37. The van der Waals surface area contributed by atoms with Crippen molar-refractivity contribution in [2.24, 2.45) is 0 Å². The summed E-state index contributed by atoms with van der Waals surface area (Å²) in [5.74, 6) is -0.398. The van der Waals surface area contributed by atoms with E-state index in [0.29, 0.717) is 23.0 Å². The molecule has 1 fully saturated rings. The molecule has 0 N–H and O–H groups in total. The van der Waals surface area contributed by atoms with Crippen molar-refractivity contribution >= 4 is 11.7 Å². The third-order valence-corrected chi connectivity index (χ3v) is 4.76. The molecule has 8 heteroatoms. The largest absolute Gasteiger partial charge is 0.513 e. The van der Waals surface area contributed by atoms with Gasteiger partial charge in [0.1, 0.15) is 29.5 Å². The maximum absolute atomic E-state index is 14.0. The molecule has 2 heterocycles. The van der Waals surface area contributed by atoms with Crippen LogP contribution in [0.5, 0.6) is 11.6 Å². The summed E-state index contributed by atoms with van der Waals surface area (Å²) in [7, 11) is 0. The van der Waals surface area contributed by atoms with Gasteiger partial charge in [0.05, 0.1) is 12.2 Å². The summed E-state index contributed by atoms with van der Waals surface area (Å²) in [5.41, 5.74) is 1.83. The maximum atomic E-state index is 14.0. The molecular formula is C21H20F2N2O4. The second-order valence-corrected chi connectivity index (χ2v) is 6.89. The molecule has 0 saturated heterocycles. The number of pyridine rings is 1. The number of nitrogens with zero attached hydrogens (tertiary/aromatic N) is 2. The summed E-state index contributed by atoms with van der Waals surface area (Å²) < 4.78 is 45.3. The minimum atomic E-state index is -0.821.